The zero-order valence-electron chi connectivity index (χ0n) is 12.4. The van der Waals surface area contributed by atoms with Gasteiger partial charge in [-0.25, -0.2) is 4.98 Å². The monoisotopic (exact) mass is 340 g/mol. The van der Waals surface area contributed by atoms with Crippen molar-refractivity contribution in [3.05, 3.63) is 18.2 Å². The molecule has 1 aliphatic heterocycles. The molecule has 3 rings (SSSR count). The Morgan fingerprint density at radius 1 is 1.36 bits per heavy atom. The van der Waals surface area contributed by atoms with Crippen LogP contribution in [0.5, 0.6) is 0 Å². The number of ether oxygens (including phenoxy) is 1. The predicted molar refractivity (Wildman–Crippen MR) is 89.6 cm³/mol. The highest BCUT2D eigenvalue weighted by Gasteiger charge is 2.34. The zero-order valence-corrected chi connectivity index (χ0v) is 14.0. The minimum atomic E-state index is -0.811. The maximum Gasteiger partial charge on any atom is 0.166 e. The number of thioether (sulfide) groups is 2. The molecule has 0 saturated carbocycles. The zero-order chi connectivity index (χ0) is 15.5. The van der Waals surface area contributed by atoms with Crippen LogP contribution in [0.25, 0.3) is 11.0 Å². The first-order valence-corrected chi connectivity index (χ1v) is 9.37. The quantitative estimate of drug-likeness (QED) is 0.700. The van der Waals surface area contributed by atoms with Crippen molar-refractivity contribution in [2.24, 2.45) is 0 Å². The van der Waals surface area contributed by atoms with Gasteiger partial charge in [0.2, 0.25) is 0 Å². The van der Waals surface area contributed by atoms with Crippen molar-refractivity contribution in [1.82, 2.24) is 9.97 Å². The van der Waals surface area contributed by atoms with Crippen molar-refractivity contribution >= 4 is 34.6 Å². The van der Waals surface area contributed by atoms with E-state index in [9.17, 15) is 10.2 Å². The molecule has 0 amide bonds. The van der Waals surface area contributed by atoms with E-state index < -0.39 is 12.2 Å². The molecule has 120 valence electrons. The largest absolute Gasteiger partial charge is 0.388 e. The fraction of sp³-hybridized carbons (Fsp3) is 0.533. The van der Waals surface area contributed by atoms with Crippen molar-refractivity contribution in [1.29, 1.82) is 0 Å². The fourth-order valence-electron chi connectivity index (χ4n) is 2.32. The van der Waals surface area contributed by atoms with Gasteiger partial charge >= 0.3 is 0 Å². The number of fused-ring (bicyclic) bond motifs is 1. The van der Waals surface area contributed by atoms with Gasteiger partial charge in [-0.05, 0) is 30.4 Å². The molecule has 1 aliphatic rings. The first kappa shape index (κ1) is 16.1. The molecule has 1 fully saturated rings. The molecule has 3 atom stereocenters. The van der Waals surface area contributed by atoms with Crippen LogP contribution in [0.2, 0.25) is 0 Å². The summed E-state index contributed by atoms with van der Waals surface area (Å²) in [6, 6.07) is 6.24. The van der Waals surface area contributed by atoms with Gasteiger partial charge in [-0.2, -0.15) is 0 Å². The molecule has 2 heterocycles. The standard InChI is InChI=1S/C15H20N2O3S2/c1-2-5-21-9-3-4-10-11(6-9)17-15(16-10)22-8-13-14(19)12(18)7-20-13/h3-4,6,12-14,18-19H,2,5,7-8H2,1H3,(H,16,17). The second-order valence-corrected chi connectivity index (χ2v) is 7.49. The second kappa shape index (κ2) is 7.23. The van der Waals surface area contributed by atoms with Gasteiger partial charge in [0.15, 0.2) is 5.16 Å². The van der Waals surface area contributed by atoms with Gasteiger partial charge in [-0.15, -0.1) is 11.8 Å². The second-order valence-electron chi connectivity index (χ2n) is 5.31. The number of nitrogens with zero attached hydrogens (tertiary/aromatic N) is 1. The number of rotatable bonds is 6. The lowest BCUT2D eigenvalue weighted by Crippen LogP contribution is -2.31. The molecule has 3 N–H and O–H groups in total. The first-order valence-electron chi connectivity index (χ1n) is 7.40. The normalized spacial score (nSPS) is 25.1. The van der Waals surface area contributed by atoms with E-state index >= 15 is 0 Å². The molecule has 0 bridgehead atoms. The summed E-state index contributed by atoms with van der Waals surface area (Å²) in [5.41, 5.74) is 1.97. The Morgan fingerprint density at radius 2 is 2.23 bits per heavy atom. The number of hydrogen-bond acceptors (Lipinski definition) is 6. The summed E-state index contributed by atoms with van der Waals surface area (Å²) in [5, 5.41) is 20.1. The van der Waals surface area contributed by atoms with Crippen LogP contribution in [0, 0.1) is 0 Å². The Hall–Kier alpha value is -0.730. The summed E-state index contributed by atoms with van der Waals surface area (Å²) in [6.07, 6.45) is -0.778. The smallest absolute Gasteiger partial charge is 0.166 e. The molecule has 7 heteroatoms. The van der Waals surface area contributed by atoms with Crippen molar-refractivity contribution < 1.29 is 14.9 Å². The molecular formula is C15H20N2O3S2. The van der Waals surface area contributed by atoms with E-state index in [1.807, 2.05) is 17.8 Å². The summed E-state index contributed by atoms with van der Waals surface area (Å²) in [5.74, 6) is 1.68. The number of aliphatic hydroxyl groups is 2. The number of aromatic amines is 1. The molecule has 0 aliphatic carbocycles. The van der Waals surface area contributed by atoms with Crippen molar-refractivity contribution in [3.63, 3.8) is 0 Å². The molecular weight excluding hydrogens is 320 g/mol. The molecule has 5 nitrogen and oxygen atoms in total. The van der Waals surface area contributed by atoms with Crippen LogP contribution in [-0.4, -0.2) is 56.6 Å². The lowest BCUT2D eigenvalue weighted by Gasteiger charge is -2.13. The number of hydrogen-bond donors (Lipinski definition) is 3. The van der Waals surface area contributed by atoms with E-state index in [0.717, 1.165) is 28.4 Å². The summed E-state index contributed by atoms with van der Waals surface area (Å²) in [6.45, 7) is 2.37. The van der Waals surface area contributed by atoms with Gasteiger partial charge in [0.05, 0.1) is 23.7 Å². The van der Waals surface area contributed by atoms with Crippen LogP contribution in [0.4, 0.5) is 0 Å². The maximum atomic E-state index is 9.77. The van der Waals surface area contributed by atoms with Gasteiger partial charge in [0, 0.05) is 10.6 Å². The lowest BCUT2D eigenvalue weighted by atomic mass is 10.2. The van der Waals surface area contributed by atoms with Crippen LogP contribution < -0.4 is 0 Å². The van der Waals surface area contributed by atoms with E-state index in [0.29, 0.717) is 5.75 Å². The summed E-state index contributed by atoms with van der Waals surface area (Å²) < 4.78 is 5.37. The first-order chi connectivity index (χ1) is 10.7. The van der Waals surface area contributed by atoms with Crippen LogP contribution in [0.3, 0.4) is 0 Å². The van der Waals surface area contributed by atoms with Gasteiger partial charge in [-0.3, -0.25) is 0 Å². The van der Waals surface area contributed by atoms with Crippen LogP contribution in [0.15, 0.2) is 28.3 Å². The average molecular weight is 340 g/mol. The summed E-state index contributed by atoms with van der Waals surface area (Å²) in [7, 11) is 0. The Morgan fingerprint density at radius 3 is 2.95 bits per heavy atom. The number of benzene rings is 1. The third kappa shape index (κ3) is 3.60. The summed E-state index contributed by atoms with van der Waals surface area (Å²) >= 11 is 3.35. The summed E-state index contributed by atoms with van der Waals surface area (Å²) in [4.78, 5) is 9.08. The number of H-pyrrole nitrogens is 1. The Labute approximate surface area is 137 Å². The molecule has 2 aromatic rings. The molecule has 1 aromatic heterocycles. The highest BCUT2D eigenvalue weighted by Crippen LogP contribution is 2.27. The van der Waals surface area contributed by atoms with Gasteiger partial charge in [0.1, 0.15) is 12.2 Å². The Balaban J connectivity index is 1.64. The van der Waals surface area contributed by atoms with Crippen LogP contribution in [0.1, 0.15) is 13.3 Å². The Kier molecular flexibility index (Phi) is 5.30. The topological polar surface area (TPSA) is 78.4 Å². The lowest BCUT2D eigenvalue weighted by molar-refractivity contribution is 0.0337. The predicted octanol–water partition coefficient (Wildman–Crippen LogP) is 2.28. The maximum absolute atomic E-state index is 9.77. The van der Waals surface area contributed by atoms with Crippen molar-refractivity contribution in [2.45, 2.75) is 41.7 Å². The number of imidazole rings is 1. The van der Waals surface area contributed by atoms with Crippen LogP contribution >= 0.6 is 23.5 Å². The third-order valence-electron chi connectivity index (χ3n) is 3.54. The Bertz CT molecular complexity index is 634. The van der Waals surface area contributed by atoms with Crippen molar-refractivity contribution in [2.75, 3.05) is 18.1 Å². The molecule has 22 heavy (non-hydrogen) atoms. The SMILES string of the molecule is CCCSc1ccc2nc(SCC3OCC(O)C3O)[nH]c2c1. The minimum Gasteiger partial charge on any atom is -0.388 e. The number of aromatic nitrogens is 2. The molecule has 1 aromatic carbocycles. The minimum absolute atomic E-state index is 0.199. The van der Waals surface area contributed by atoms with Gasteiger partial charge < -0.3 is 19.9 Å². The highest BCUT2D eigenvalue weighted by molar-refractivity contribution is 7.99. The fourth-order valence-corrected chi connectivity index (χ4v) is 4.08. The van der Waals surface area contributed by atoms with E-state index in [4.69, 9.17) is 4.74 Å². The molecule has 0 radical (unpaired) electrons. The van der Waals surface area contributed by atoms with Crippen molar-refractivity contribution in [3.8, 4) is 0 Å². The highest BCUT2D eigenvalue weighted by atomic mass is 32.2. The average Bonchev–Trinajstić information content (AvgIpc) is 3.07. The molecule has 3 unspecified atom stereocenters. The van der Waals surface area contributed by atoms with E-state index in [1.165, 1.54) is 16.7 Å². The molecule has 1 saturated heterocycles. The van der Waals surface area contributed by atoms with Gasteiger partial charge in [-0.1, -0.05) is 18.7 Å². The van der Waals surface area contributed by atoms with Crippen LogP contribution in [-0.2, 0) is 4.74 Å². The van der Waals surface area contributed by atoms with E-state index in [1.54, 1.807) is 0 Å². The molecule has 0 spiro atoms. The van der Waals surface area contributed by atoms with E-state index in [-0.39, 0.29) is 12.7 Å². The van der Waals surface area contributed by atoms with E-state index in [2.05, 4.69) is 29.0 Å². The van der Waals surface area contributed by atoms with Gasteiger partial charge in [0.25, 0.3) is 0 Å². The third-order valence-corrected chi connectivity index (χ3v) is 5.71. The number of nitrogens with one attached hydrogen (secondary N) is 1. The number of aliphatic hydroxyl groups excluding tert-OH is 2.